The molecule has 39 heavy (non-hydrogen) atoms. The molecule has 10 heteroatoms. The number of fused-ring (bicyclic) bond motifs is 1. The van der Waals surface area contributed by atoms with Crippen LogP contribution in [-0.2, 0) is 12.8 Å². The minimum atomic E-state index is -4.56. The maximum Gasteiger partial charge on any atom is 0.449 e. The minimum Gasteiger partial charge on any atom is -0.486 e. The van der Waals surface area contributed by atoms with Crippen molar-refractivity contribution in [2.75, 3.05) is 5.32 Å². The van der Waals surface area contributed by atoms with Crippen LogP contribution in [0.5, 0.6) is 5.75 Å². The zero-order valence-corrected chi connectivity index (χ0v) is 20.9. The summed E-state index contributed by atoms with van der Waals surface area (Å²) in [7, 11) is 0. The predicted octanol–water partition coefficient (Wildman–Crippen LogP) is 7.34. The summed E-state index contributed by atoms with van der Waals surface area (Å²) < 4.78 is 49.2. The zero-order valence-electron chi connectivity index (χ0n) is 20.9. The lowest BCUT2D eigenvalue weighted by Crippen LogP contribution is -2.04. The number of ether oxygens (including phenoxy) is 1. The highest BCUT2D eigenvalue weighted by atomic mass is 19.4. The summed E-state index contributed by atoms with van der Waals surface area (Å²) in [6.45, 7) is 1.83. The molecule has 5 aromatic rings. The number of nitrogens with one attached hydrogen (secondary N) is 1. The van der Waals surface area contributed by atoms with Crippen molar-refractivity contribution >= 4 is 28.1 Å². The standard InChI is InChI=1S/C29H24F3N5O2/c1-2-6-23(33)21-8-3-4-9-24(21)36-28-22-15-19(38-17-20-11-13-26(39-20)29(30,31)32)10-12-25(22)35-27(37-28)18-7-5-14-34-16-18/h3-16H,2,17,33H2,1H3,(H,35,36,37)/b23-6-. The van der Waals surface area contributed by atoms with Gasteiger partial charge in [0.25, 0.3) is 0 Å². The van der Waals surface area contributed by atoms with Gasteiger partial charge in [-0.1, -0.05) is 31.2 Å². The first-order valence-corrected chi connectivity index (χ1v) is 12.1. The molecule has 0 atom stereocenters. The van der Waals surface area contributed by atoms with Crippen molar-refractivity contribution in [3.8, 4) is 17.1 Å². The molecule has 5 rings (SSSR count). The van der Waals surface area contributed by atoms with Crippen molar-refractivity contribution < 1.29 is 22.3 Å². The lowest BCUT2D eigenvalue weighted by atomic mass is 10.1. The smallest absolute Gasteiger partial charge is 0.449 e. The average Bonchev–Trinajstić information content (AvgIpc) is 3.43. The SMILES string of the molecule is CC/C=C(\N)c1ccccc1Nc1nc(-c2cccnc2)nc2ccc(OCc3ccc(C(F)(F)F)o3)cc12. The molecule has 0 aliphatic heterocycles. The number of para-hydroxylation sites is 1. The number of hydrogen-bond donors (Lipinski definition) is 2. The number of furan rings is 1. The molecule has 3 N–H and O–H groups in total. The summed E-state index contributed by atoms with van der Waals surface area (Å²) >= 11 is 0. The Morgan fingerprint density at radius 1 is 1.05 bits per heavy atom. The second-order valence-electron chi connectivity index (χ2n) is 8.61. The highest BCUT2D eigenvalue weighted by Crippen LogP contribution is 2.33. The van der Waals surface area contributed by atoms with Gasteiger partial charge < -0.3 is 20.2 Å². The molecule has 198 valence electrons. The summed E-state index contributed by atoms with van der Waals surface area (Å²) in [6, 6.07) is 18.6. The molecule has 0 spiro atoms. The minimum absolute atomic E-state index is 0.0519. The fourth-order valence-electron chi connectivity index (χ4n) is 3.98. The van der Waals surface area contributed by atoms with Crippen molar-refractivity contribution in [3.05, 3.63) is 102 Å². The molecule has 0 bridgehead atoms. The van der Waals surface area contributed by atoms with Crippen molar-refractivity contribution in [2.24, 2.45) is 5.73 Å². The molecule has 7 nitrogen and oxygen atoms in total. The Morgan fingerprint density at radius 2 is 1.90 bits per heavy atom. The van der Waals surface area contributed by atoms with Crippen LogP contribution in [0.1, 0.15) is 30.4 Å². The number of benzene rings is 2. The maximum atomic E-state index is 12.9. The molecule has 0 unspecified atom stereocenters. The van der Waals surface area contributed by atoms with Crippen LogP contribution in [0.2, 0.25) is 0 Å². The van der Waals surface area contributed by atoms with Crippen LogP contribution in [0.25, 0.3) is 28.0 Å². The quantitative estimate of drug-likeness (QED) is 0.216. The second kappa shape index (κ2) is 10.9. The molecular weight excluding hydrogens is 507 g/mol. The third kappa shape index (κ3) is 5.85. The van der Waals surface area contributed by atoms with E-state index in [0.717, 1.165) is 29.3 Å². The Morgan fingerprint density at radius 3 is 2.64 bits per heavy atom. The van der Waals surface area contributed by atoms with E-state index in [-0.39, 0.29) is 12.4 Å². The lowest BCUT2D eigenvalue weighted by molar-refractivity contribution is -0.153. The average molecular weight is 532 g/mol. The van der Waals surface area contributed by atoms with E-state index < -0.39 is 11.9 Å². The van der Waals surface area contributed by atoms with E-state index in [1.54, 1.807) is 36.7 Å². The van der Waals surface area contributed by atoms with Gasteiger partial charge in [0.2, 0.25) is 5.76 Å². The van der Waals surface area contributed by atoms with Crippen molar-refractivity contribution in [3.63, 3.8) is 0 Å². The number of allylic oxidation sites excluding steroid dienone is 1. The van der Waals surface area contributed by atoms with Crippen LogP contribution in [0.15, 0.2) is 89.6 Å². The lowest BCUT2D eigenvalue weighted by Gasteiger charge is -2.15. The third-order valence-electron chi connectivity index (χ3n) is 5.82. The first-order chi connectivity index (χ1) is 18.8. The molecule has 2 aromatic carbocycles. The van der Waals surface area contributed by atoms with E-state index in [0.29, 0.717) is 34.0 Å². The first-order valence-electron chi connectivity index (χ1n) is 12.1. The fraction of sp³-hybridized carbons (Fsp3) is 0.138. The van der Waals surface area contributed by atoms with Gasteiger partial charge in [-0.3, -0.25) is 4.98 Å². The molecule has 3 heterocycles. The Bertz CT molecular complexity index is 1630. The maximum absolute atomic E-state index is 12.9. The summed E-state index contributed by atoms with van der Waals surface area (Å²) in [5.41, 5.74) is 9.89. The van der Waals surface area contributed by atoms with Gasteiger partial charge in [-0.2, -0.15) is 13.2 Å². The number of nitrogens with two attached hydrogens (primary N) is 1. The van der Waals surface area contributed by atoms with Gasteiger partial charge in [-0.05, 0) is 55.0 Å². The Balaban J connectivity index is 1.53. The monoisotopic (exact) mass is 531 g/mol. The van der Waals surface area contributed by atoms with Crippen LogP contribution in [-0.4, -0.2) is 15.0 Å². The normalized spacial score (nSPS) is 12.1. The summed E-state index contributed by atoms with van der Waals surface area (Å²) in [4.78, 5) is 13.7. The number of aromatic nitrogens is 3. The molecule has 0 saturated carbocycles. The van der Waals surface area contributed by atoms with Gasteiger partial charge in [0, 0.05) is 40.3 Å². The van der Waals surface area contributed by atoms with Gasteiger partial charge in [-0.25, -0.2) is 9.97 Å². The van der Waals surface area contributed by atoms with Gasteiger partial charge in [0.05, 0.1) is 5.52 Å². The topological polar surface area (TPSA) is 99.1 Å². The summed E-state index contributed by atoms with van der Waals surface area (Å²) in [5.74, 6) is 0.357. The number of halogens is 3. The molecule has 0 amide bonds. The molecule has 0 saturated heterocycles. The van der Waals surface area contributed by atoms with E-state index in [2.05, 4.69) is 10.3 Å². The van der Waals surface area contributed by atoms with Crippen molar-refractivity contribution in [2.45, 2.75) is 26.1 Å². The van der Waals surface area contributed by atoms with E-state index >= 15 is 0 Å². The molecule has 0 radical (unpaired) electrons. The molecule has 3 aromatic heterocycles. The molecular formula is C29H24F3N5O2. The number of nitrogens with zero attached hydrogens (tertiary/aromatic N) is 3. The van der Waals surface area contributed by atoms with Gasteiger partial charge in [0.1, 0.15) is 23.9 Å². The Labute approximate surface area is 222 Å². The Kier molecular flexibility index (Phi) is 7.18. The van der Waals surface area contributed by atoms with Crippen LogP contribution < -0.4 is 15.8 Å². The molecule has 0 fully saturated rings. The largest absolute Gasteiger partial charge is 0.486 e. The Hall–Kier alpha value is -4.86. The highest BCUT2D eigenvalue weighted by Gasteiger charge is 2.34. The van der Waals surface area contributed by atoms with Crippen LogP contribution in [0.3, 0.4) is 0 Å². The van der Waals surface area contributed by atoms with Crippen LogP contribution >= 0.6 is 0 Å². The van der Waals surface area contributed by atoms with Gasteiger partial charge in [-0.15, -0.1) is 0 Å². The van der Waals surface area contributed by atoms with Crippen LogP contribution in [0.4, 0.5) is 24.7 Å². The van der Waals surface area contributed by atoms with E-state index in [1.165, 1.54) is 6.07 Å². The number of rotatable bonds is 8. The highest BCUT2D eigenvalue weighted by molar-refractivity contribution is 5.94. The van der Waals surface area contributed by atoms with Crippen molar-refractivity contribution in [1.82, 2.24) is 15.0 Å². The first kappa shape index (κ1) is 25.8. The third-order valence-corrected chi connectivity index (χ3v) is 5.82. The van der Waals surface area contributed by atoms with E-state index in [4.69, 9.17) is 24.9 Å². The second-order valence-corrected chi connectivity index (χ2v) is 8.61. The van der Waals surface area contributed by atoms with E-state index in [1.807, 2.05) is 43.3 Å². The number of anilines is 2. The van der Waals surface area contributed by atoms with Gasteiger partial charge in [0.15, 0.2) is 5.82 Å². The van der Waals surface area contributed by atoms with Gasteiger partial charge >= 0.3 is 6.18 Å². The summed E-state index contributed by atoms with van der Waals surface area (Å²) in [6.07, 6.45) is 1.50. The number of hydrogen-bond acceptors (Lipinski definition) is 7. The van der Waals surface area contributed by atoms with E-state index in [9.17, 15) is 13.2 Å². The number of pyridine rings is 1. The fourth-order valence-corrected chi connectivity index (χ4v) is 3.98. The zero-order chi connectivity index (χ0) is 27.4. The molecule has 0 aliphatic carbocycles. The van der Waals surface area contributed by atoms with Crippen molar-refractivity contribution in [1.29, 1.82) is 0 Å². The predicted molar refractivity (Wildman–Crippen MR) is 143 cm³/mol. The van der Waals surface area contributed by atoms with Crippen LogP contribution in [0, 0.1) is 0 Å². The molecule has 0 aliphatic rings. The summed E-state index contributed by atoms with van der Waals surface area (Å²) in [5, 5.41) is 4.04. The number of alkyl halides is 3.